The van der Waals surface area contributed by atoms with Crippen LogP contribution in [0.4, 0.5) is 17.2 Å². The van der Waals surface area contributed by atoms with Crippen molar-refractivity contribution in [2.24, 2.45) is 5.92 Å². The van der Waals surface area contributed by atoms with E-state index in [1.54, 1.807) is 0 Å². The molecule has 4 N–H and O–H groups in total. The number of nitrogen functional groups attached to an aromatic ring is 1. The molecule has 1 heterocycles. The third-order valence-corrected chi connectivity index (χ3v) is 5.13. The average molecular weight is 466 g/mol. The fourth-order valence-corrected chi connectivity index (χ4v) is 3.60. The first-order chi connectivity index (χ1) is 16.3. The molecular formula is C25H31N5O4. The molecule has 1 aromatic heterocycles. The number of H-pyrrole nitrogens is 1. The number of nitrogens with zero attached hydrogens (tertiary/aromatic N) is 2. The van der Waals surface area contributed by atoms with Gasteiger partial charge in [-0.25, -0.2) is 4.79 Å². The molecule has 0 unspecified atom stereocenters. The molecule has 0 bridgehead atoms. The zero-order valence-electron chi connectivity index (χ0n) is 19.7. The quantitative estimate of drug-likeness (QED) is 0.423. The number of ether oxygens (including phenoxy) is 1. The van der Waals surface area contributed by atoms with Crippen LogP contribution in [0.5, 0.6) is 5.75 Å². The number of benzene rings is 2. The smallest absolute Gasteiger partial charge is 0.330 e. The maximum atomic E-state index is 13.3. The van der Waals surface area contributed by atoms with Gasteiger partial charge in [0.2, 0.25) is 5.91 Å². The van der Waals surface area contributed by atoms with Crippen LogP contribution < -0.4 is 31.9 Å². The van der Waals surface area contributed by atoms with E-state index < -0.39 is 11.2 Å². The maximum Gasteiger partial charge on any atom is 0.330 e. The van der Waals surface area contributed by atoms with Crippen molar-refractivity contribution in [3.63, 3.8) is 0 Å². The number of carbonyl (C=O) groups is 1. The number of hydrogen-bond acceptors (Lipinski definition) is 6. The van der Waals surface area contributed by atoms with Crippen molar-refractivity contribution in [2.45, 2.75) is 27.3 Å². The number of hydrogen-bond donors (Lipinski definition) is 3. The third kappa shape index (κ3) is 5.86. The van der Waals surface area contributed by atoms with Crippen LogP contribution in [0.3, 0.4) is 0 Å². The van der Waals surface area contributed by atoms with Crippen molar-refractivity contribution in [3.8, 4) is 5.75 Å². The average Bonchev–Trinajstić information content (AvgIpc) is 2.81. The molecule has 2 aromatic carbocycles. The summed E-state index contributed by atoms with van der Waals surface area (Å²) in [5.41, 5.74) is 6.47. The van der Waals surface area contributed by atoms with Gasteiger partial charge in [-0.3, -0.25) is 19.1 Å². The van der Waals surface area contributed by atoms with E-state index in [4.69, 9.17) is 10.5 Å². The molecular weight excluding hydrogens is 434 g/mol. The van der Waals surface area contributed by atoms with E-state index in [1.165, 1.54) is 9.47 Å². The highest BCUT2D eigenvalue weighted by Crippen LogP contribution is 2.24. The second kappa shape index (κ2) is 11.2. The summed E-state index contributed by atoms with van der Waals surface area (Å²) in [6.07, 6.45) is 0. The van der Waals surface area contributed by atoms with Gasteiger partial charge in [-0.05, 0) is 30.5 Å². The lowest BCUT2D eigenvalue weighted by Crippen LogP contribution is -2.44. The number of aromatic nitrogens is 2. The lowest BCUT2D eigenvalue weighted by molar-refractivity contribution is -0.117. The van der Waals surface area contributed by atoms with Gasteiger partial charge in [0.15, 0.2) is 5.69 Å². The van der Waals surface area contributed by atoms with Gasteiger partial charge in [-0.1, -0.05) is 56.3 Å². The third-order valence-electron chi connectivity index (χ3n) is 5.13. The van der Waals surface area contributed by atoms with Crippen LogP contribution in [-0.2, 0) is 11.3 Å². The molecule has 9 nitrogen and oxygen atoms in total. The number of nitrogens with one attached hydrogen (secondary N) is 2. The molecule has 0 aliphatic carbocycles. The second-order valence-corrected chi connectivity index (χ2v) is 8.25. The van der Waals surface area contributed by atoms with Crippen molar-refractivity contribution < 1.29 is 9.53 Å². The van der Waals surface area contributed by atoms with Crippen molar-refractivity contribution in [2.75, 3.05) is 35.6 Å². The minimum absolute atomic E-state index is 0.0332. The summed E-state index contributed by atoms with van der Waals surface area (Å²) in [6.45, 7) is 6.56. The van der Waals surface area contributed by atoms with E-state index in [-0.39, 0.29) is 43.0 Å². The molecule has 3 rings (SSSR count). The number of amides is 1. The first kappa shape index (κ1) is 24.6. The van der Waals surface area contributed by atoms with Crippen LogP contribution in [0, 0.1) is 5.92 Å². The summed E-state index contributed by atoms with van der Waals surface area (Å²) < 4.78 is 6.87. The van der Waals surface area contributed by atoms with E-state index >= 15 is 0 Å². The number of anilines is 3. The molecule has 0 radical (unpaired) electrons. The molecule has 0 saturated heterocycles. The molecule has 0 fully saturated rings. The Kier molecular flexibility index (Phi) is 8.13. The summed E-state index contributed by atoms with van der Waals surface area (Å²) >= 11 is 0. The largest absolute Gasteiger partial charge is 0.492 e. The molecule has 0 spiro atoms. The topological polar surface area (TPSA) is 122 Å². The Morgan fingerprint density at radius 3 is 2.47 bits per heavy atom. The van der Waals surface area contributed by atoms with Crippen LogP contribution in [0.15, 0.2) is 64.2 Å². The standard InChI is InChI=1S/C25H31N5O4/c1-4-34-20-13-9-8-12-19(20)27-14-21(31)29(15-17(2)3)22-23(26)30(25(33)28-24(22)32)16-18-10-6-5-7-11-18/h5-13,17,27H,4,14-16,26H2,1-3H3,(H,28,32,33). The Balaban J connectivity index is 1.94. The maximum absolute atomic E-state index is 13.3. The van der Waals surface area contributed by atoms with Gasteiger partial charge in [-0.2, -0.15) is 0 Å². The minimum atomic E-state index is -0.699. The van der Waals surface area contributed by atoms with E-state index in [2.05, 4.69) is 10.3 Å². The van der Waals surface area contributed by atoms with Gasteiger partial charge in [0.1, 0.15) is 11.6 Å². The summed E-state index contributed by atoms with van der Waals surface area (Å²) in [4.78, 5) is 42.3. The number of rotatable bonds is 10. The summed E-state index contributed by atoms with van der Waals surface area (Å²) in [7, 11) is 0. The zero-order valence-corrected chi connectivity index (χ0v) is 19.7. The zero-order chi connectivity index (χ0) is 24.7. The Hall–Kier alpha value is -4.01. The fraction of sp³-hybridized carbons (Fsp3) is 0.320. The van der Waals surface area contributed by atoms with E-state index in [0.717, 1.165) is 5.56 Å². The highest BCUT2D eigenvalue weighted by Gasteiger charge is 2.25. The normalized spacial score (nSPS) is 10.8. The van der Waals surface area contributed by atoms with Gasteiger partial charge < -0.3 is 20.7 Å². The predicted molar refractivity (Wildman–Crippen MR) is 135 cm³/mol. The SMILES string of the molecule is CCOc1ccccc1NCC(=O)N(CC(C)C)c1c(N)n(Cc2ccccc2)c(=O)[nH]c1=O. The van der Waals surface area contributed by atoms with Crippen LogP contribution in [0.1, 0.15) is 26.3 Å². The molecule has 0 aliphatic rings. The fourth-order valence-electron chi connectivity index (χ4n) is 3.60. The van der Waals surface area contributed by atoms with Crippen molar-refractivity contribution in [1.29, 1.82) is 0 Å². The highest BCUT2D eigenvalue weighted by atomic mass is 16.5. The number of nitrogens with two attached hydrogens (primary N) is 1. The molecule has 9 heteroatoms. The van der Waals surface area contributed by atoms with Gasteiger partial charge in [0, 0.05) is 6.54 Å². The second-order valence-electron chi connectivity index (χ2n) is 8.25. The van der Waals surface area contributed by atoms with Crippen LogP contribution in [0.2, 0.25) is 0 Å². The summed E-state index contributed by atoms with van der Waals surface area (Å²) in [5.74, 6) is 0.262. The van der Waals surface area contributed by atoms with Gasteiger partial charge >= 0.3 is 5.69 Å². The van der Waals surface area contributed by atoms with Gasteiger partial charge in [-0.15, -0.1) is 0 Å². The first-order valence-electron chi connectivity index (χ1n) is 11.2. The Morgan fingerprint density at radius 1 is 1.12 bits per heavy atom. The Bertz CT molecular complexity index is 1230. The minimum Gasteiger partial charge on any atom is -0.492 e. The molecule has 1 amide bonds. The molecule has 34 heavy (non-hydrogen) atoms. The first-order valence-corrected chi connectivity index (χ1v) is 11.2. The van der Waals surface area contributed by atoms with Crippen molar-refractivity contribution in [1.82, 2.24) is 9.55 Å². The molecule has 180 valence electrons. The summed E-state index contributed by atoms with van der Waals surface area (Å²) in [5, 5.41) is 3.09. The highest BCUT2D eigenvalue weighted by molar-refractivity contribution is 5.98. The van der Waals surface area contributed by atoms with Crippen molar-refractivity contribution >= 4 is 23.1 Å². The van der Waals surface area contributed by atoms with E-state index in [9.17, 15) is 14.4 Å². The monoisotopic (exact) mass is 465 g/mol. The lowest BCUT2D eigenvalue weighted by atomic mass is 10.2. The molecule has 0 saturated carbocycles. The van der Waals surface area contributed by atoms with E-state index in [0.29, 0.717) is 18.0 Å². The summed E-state index contributed by atoms with van der Waals surface area (Å²) in [6, 6.07) is 16.6. The van der Waals surface area contributed by atoms with Gasteiger partial charge in [0.05, 0.1) is 25.4 Å². The Morgan fingerprint density at radius 2 is 1.79 bits per heavy atom. The van der Waals surface area contributed by atoms with Gasteiger partial charge in [0.25, 0.3) is 5.56 Å². The molecule has 0 atom stereocenters. The van der Waals surface area contributed by atoms with Crippen LogP contribution in [-0.4, -0.2) is 35.2 Å². The van der Waals surface area contributed by atoms with Crippen molar-refractivity contribution in [3.05, 3.63) is 81.0 Å². The lowest BCUT2D eigenvalue weighted by Gasteiger charge is -2.26. The van der Waals surface area contributed by atoms with Crippen LogP contribution in [0.25, 0.3) is 0 Å². The number of para-hydroxylation sites is 2. The van der Waals surface area contributed by atoms with Crippen LogP contribution >= 0.6 is 0 Å². The predicted octanol–water partition coefficient (Wildman–Crippen LogP) is 2.67. The van der Waals surface area contributed by atoms with E-state index in [1.807, 2.05) is 75.4 Å². The Labute approximate surface area is 198 Å². The molecule has 0 aliphatic heterocycles. The molecule has 3 aromatic rings. The number of carbonyl (C=O) groups excluding carboxylic acids is 1. The number of aromatic amines is 1.